The molecule has 1 heterocycles. The highest BCUT2D eigenvalue weighted by atomic mass is 19.1. The lowest BCUT2D eigenvalue weighted by atomic mass is 9.95. The standard InChI is InChI=1S/C22H29FN4O2/c1-25(2)22(9-3-4-10-22)15-24-18-19(21(29)20(18)28)27-13-11-26(12-14-27)17-7-5-16(23)6-8-17/h5-8,24H,3-4,9-15H2,1-2H3. The van der Waals surface area contributed by atoms with Gasteiger partial charge >= 0.3 is 0 Å². The number of hydrogen-bond acceptors (Lipinski definition) is 6. The zero-order valence-corrected chi connectivity index (χ0v) is 17.2. The van der Waals surface area contributed by atoms with Gasteiger partial charge < -0.3 is 20.0 Å². The Hall–Kier alpha value is -2.41. The third-order valence-electron chi connectivity index (χ3n) is 6.75. The molecule has 156 valence electrons. The van der Waals surface area contributed by atoms with E-state index in [0.717, 1.165) is 31.6 Å². The molecule has 1 saturated heterocycles. The van der Waals surface area contributed by atoms with Crippen molar-refractivity contribution in [2.45, 2.75) is 31.2 Å². The Morgan fingerprint density at radius 3 is 2.14 bits per heavy atom. The van der Waals surface area contributed by atoms with Crippen LogP contribution < -0.4 is 26.0 Å². The van der Waals surface area contributed by atoms with Crippen molar-refractivity contribution in [3.05, 3.63) is 50.5 Å². The molecule has 7 heteroatoms. The number of nitrogens with one attached hydrogen (secondary N) is 1. The van der Waals surface area contributed by atoms with E-state index in [1.54, 1.807) is 12.1 Å². The second-order valence-corrected chi connectivity index (χ2v) is 8.51. The fourth-order valence-electron chi connectivity index (χ4n) is 4.75. The highest BCUT2D eigenvalue weighted by Gasteiger charge is 2.37. The van der Waals surface area contributed by atoms with Gasteiger partial charge in [-0.15, -0.1) is 0 Å². The van der Waals surface area contributed by atoms with Gasteiger partial charge in [-0.25, -0.2) is 4.39 Å². The summed E-state index contributed by atoms with van der Waals surface area (Å²) >= 11 is 0. The maximum atomic E-state index is 13.1. The van der Waals surface area contributed by atoms with Crippen molar-refractivity contribution < 1.29 is 4.39 Å². The van der Waals surface area contributed by atoms with Gasteiger partial charge in [0.1, 0.15) is 17.2 Å². The first-order valence-corrected chi connectivity index (χ1v) is 10.4. The Kier molecular flexibility index (Phi) is 5.34. The van der Waals surface area contributed by atoms with Crippen LogP contribution in [0.1, 0.15) is 25.7 Å². The van der Waals surface area contributed by atoms with E-state index in [0.29, 0.717) is 31.0 Å². The SMILES string of the molecule is CN(C)C1(CNc2c(N3CCN(c4ccc(F)cc4)CC3)c(=O)c2=O)CCCC1. The minimum absolute atomic E-state index is 0.0539. The van der Waals surface area contributed by atoms with Crippen molar-refractivity contribution in [1.82, 2.24) is 4.90 Å². The Morgan fingerprint density at radius 2 is 1.55 bits per heavy atom. The topological polar surface area (TPSA) is 55.9 Å². The van der Waals surface area contributed by atoms with Crippen LogP contribution in [0.25, 0.3) is 0 Å². The number of piperazine rings is 1. The zero-order chi connectivity index (χ0) is 20.6. The molecule has 2 aromatic carbocycles. The maximum absolute atomic E-state index is 13.1. The Morgan fingerprint density at radius 1 is 0.966 bits per heavy atom. The summed E-state index contributed by atoms with van der Waals surface area (Å²) in [6, 6.07) is 6.48. The van der Waals surface area contributed by atoms with Crippen molar-refractivity contribution in [2.75, 3.05) is 61.9 Å². The normalized spacial score (nSPS) is 19.3. The number of likely N-dealkylation sites (N-methyl/N-ethyl adjacent to an activating group) is 1. The van der Waals surface area contributed by atoms with Crippen LogP contribution in [0.3, 0.4) is 0 Å². The number of rotatable bonds is 6. The fraction of sp³-hybridized carbons (Fsp3) is 0.545. The van der Waals surface area contributed by atoms with Crippen LogP contribution in [-0.2, 0) is 0 Å². The summed E-state index contributed by atoms with van der Waals surface area (Å²) in [4.78, 5) is 31.0. The Balaban J connectivity index is 1.43. The van der Waals surface area contributed by atoms with Gasteiger partial charge in [0, 0.05) is 44.0 Å². The van der Waals surface area contributed by atoms with Gasteiger partial charge in [-0.05, 0) is 51.2 Å². The molecule has 0 amide bonds. The van der Waals surface area contributed by atoms with Crippen molar-refractivity contribution in [2.24, 2.45) is 0 Å². The summed E-state index contributed by atoms with van der Waals surface area (Å²) in [5.41, 5.74) is 1.28. The smallest absolute Gasteiger partial charge is 0.253 e. The van der Waals surface area contributed by atoms with Crippen molar-refractivity contribution in [3.8, 4) is 0 Å². The number of halogens is 1. The molecule has 1 aliphatic heterocycles. The first-order valence-electron chi connectivity index (χ1n) is 10.4. The van der Waals surface area contributed by atoms with Crippen LogP contribution in [-0.4, -0.2) is 57.3 Å². The Bertz CT molecular complexity index is 919. The lowest BCUT2D eigenvalue weighted by Crippen LogP contribution is -2.53. The van der Waals surface area contributed by atoms with Crippen molar-refractivity contribution in [1.29, 1.82) is 0 Å². The molecule has 1 N–H and O–H groups in total. The van der Waals surface area contributed by atoms with Gasteiger partial charge in [-0.3, -0.25) is 9.59 Å². The molecule has 1 aliphatic carbocycles. The molecular formula is C22H29FN4O2. The van der Waals surface area contributed by atoms with E-state index in [9.17, 15) is 14.0 Å². The van der Waals surface area contributed by atoms with E-state index in [-0.39, 0.29) is 16.8 Å². The minimum atomic E-state index is -0.395. The second-order valence-electron chi connectivity index (χ2n) is 8.51. The highest BCUT2D eigenvalue weighted by Crippen LogP contribution is 2.34. The quantitative estimate of drug-likeness (QED) is 0.749. The van der Waals surface area contributed by atoms with Crippen LogP contribution >= 0.6 is 0 Å². The number of hydrogen-bond donors (Lipinski definition) is 1. The summed E-state index contributed by atoms with van der Waals surface area (Å²) in [7, 11) is 4.18. The molecule has 2 aliphatic rings. The summed E-state index contributed by atoms with van der Waals surface area (Å²) in [5, 5.41) is 3.33. The van der Waals surface area contributed by atoms with Gasteiger partial charge in [0.15, 0.2) is 0 Å². The van der Waals surface area contributed by atoms with Gasteiger partial charge in [0.25, 0.3) is 10.9 Å². The van der Waals surface area contributed by atoms with E-state index in [4.69, 9.17) is 0 Å². The second kappa shape index (κ2) is 7.78. The number of nitrogens with zero attached hydrogens (tertiary/aromatic N) is 3. The zero-order valence-electron chi connectivity index (χ0n) is 17.2. The summed E-state index contributed by atoms with van der Waals surface area (Å²) in [5.74, 6) is -0.246. The monoisotopic (exact) mass is 400 g/mol. The molecule has 2 fully saturated rings. The van der Waals surface area contributed by atoms with E-state index in [1.807, 2.05) is 4.90 Å². The molecule has 0 atom stereocenters. The molecule has 0 spiro atoms. The molecule has 2 aromatic rings. The lowest BCUT2D eigenvalue weighted by molar-refractivity contribution is 0.172. The summed E-state index contributed by atoms with van der Waals surface area (Å²) < 4.78 is 13.1. The van der Waals surface area contributed by atoms with Crippen LogP contribution in [0.4, 0.5) is 21.5 Å². The fourth-order valence-corrected chi connectivity index (χ4v) is 4.75. The van der Waals surface area contributed by atoms with Crippen LogP contribution in [0.2, 0.25) is 0 Å². The number of anilines is 3. The molecule has 0 aromatic heterocycles. The molecule has 29 heavy (non-hydrogen) atoms. The highest BCUT2D eigenvalue weighted by molar-refractivity contribution is 5.75. The Labute approximate surface area is 170 Å². The van der Waals surface area contributed by atoms with Crippen molar-refractivity contribution in [3.63, 3.8) is 0 Å². The number of benzene rings is 1. The third-order valence-corrected chi connectivity index (χ3v) is 6.75. The molecule has 0 bridgehead atoms. The lowest BCUT2D eigenvalue weighted by Gasteiger charge is -2.39. The third kappa shape index (κ3) is 3.64. The van der Waals surface area contributed by atoms with E-state index >= 15 is 0 Å². The van der Waals surface area contributed by atoms with Gasteiger partial charge in [0.2, 0.25) is 0 Å². The largest absolute Gasteiger partial charge is 0.378 e. The van der Waals surface area contributed by atoms with Crippen LogP contribution in [0.5, 0.6) is 0 Å². The van der Waals surface area contributed by atoms with Gasteiger partial charge in [-0.1, -0.05) is 12.8 Å². The summed E-state index contributed by atoms with van der Waals surface area (Å²) in [6.45, 7) is 3.47. The van der Waals surface area contributed by atoms with E-state index in [1.165, 1.54) is 25.0 Å². The first kappa shape index (κ1) is 19.9. The summed E-state index contributed by atoms with van der Waals surface area (Å²) in [6.07, 6.45) is 4.61. The maximum Gasteiger partial charge on any atom is 0.253 e. The molecular weight excluding hydrogens is 371 g/mol. The molecule has 1 saturated carbocycles. The van der Waals surface area contributed by atoms with Crippen LogP contribution in [0, 0.1) is 5.82 Å². The first-order chi connectivity index (χ1) is 13.9. The van der Waals surface area contributed by atoms with Crippen LogP contribution in [0.15, 0.2) is 33.9 Å². The minimum Gasteiger partial charge on any atom is -0.378 e. The van der Waals surface area contributed by atoms with Gasteiger partial charge in [-0.2, -0.15) is 0 Å². The molecule has 6 nitrogen and oxygen atoms in total. The average molecular weight is 400 g/mol. The van der Waals surface area contributed by atoms with Crippen molar-refractivity contribution >= 4 is 17.1 Å². The predicted octanol–water partition coefficient (Wildman–Crippen LogP) is 2.03. The predicted molar refractivity (Wildman–Crippen MR) is 116 cm³/mol. The molecule has 0 radical (unpaired) electrons. The van der Waals surface area contributed by atoms with E-state index < -0.39 is 5.43 Å². The average Bonchev–Trinajstić information content (AvgIpc) is 3.22. The molecule has 0 unspecified atom stereocenters. The van der Waals surface area contributed by atoms with Gasteiger partial charge in [0.05, 0.1) is 0 Å². The van der Waals surface area contributed by atoms with E-state index in [2.05, 4.69) is 29.2 Å². The molecule has 4 rings (SSSR count).